The van der Waals surface area contributed by atoms with Gasteiger partial charge < -0.3 is 10.5 Å². The summed E-state index contributed by atoms with van der Waals surface area (Å²) >= 11 is 0. The van der Waals surface area contributed by atoms with Gasteiger partial charge in [0, 0.05) is 6.54 Å². The van der Waals surface area contributed by atoms with Crippen molar-refractivity contribution in [3.8, 4) is 0 Å². The van der Waals surface area contributed by atoms with Gasteiger partial charge in [0.1, 0.15) is 6.54 Å². The molecule has 0 bridgehead atoms. The van der Waals surface area contributed by atoms with Gasteiger partial charge in [0.15, 0.2) is 0 Å². The molecule has 0 fully saturated rings. The summed E-state index contributed by atoms with van der Waals surface area (Å²) in [4.78, 5) is 22.1. The molecular weight excluding hydrogens is 214 g/mol. The van der Waals surface area contributed by atoms with Crippen LogP contribution in [-0.2, 0) is 22.6 Å². The Kier molecular flexibility index (Phi) is 4.40. The normalized spacial score (nSPS) is 9.88. The smallest absolute Gasteiger partial charge is 0.413 e. The van der Waals surface area contributed by atoms with Crippen LogP contribution in [0.15, 0.2) is 6.20 Å². The lowest BCUT2D eigenvalue weighted by molar-refractivity contribution is -0.121. The number of rotatable bonds is 4. The van der Waals surface area contributed by atoms with Gasteiger partial charge >= 0.3 is 6.09 Å². The van der Waals surface area contributed by atoms with Crippen LogP contribution in [0.25, 0.3) is 0 Å². The molecule has 1 rings (SSSR count). The monoisotopic (exact) mass is 227 g/mol. The number of aromatic nitrogens is 3. The fourth-order valence-electron chi connectivity index (χ4n) is 0.977. The lowest BCUT2D eigenvalue weighted by Crippen LogP contribution is -2.33. The molecule has 1 heterocycles. The molecule has 0 saturated heterocycles. The number of nitrogens with one attached hydrogen (secondary N) is 1. The van der Waals surface area contributed by atoms with Crippen LogP contribution in [0.1, 0.15) is 12.6 Å². The third-order valence-corrected chi connectivity index (χ3v) is 1.62. The third kappa shape index (κ3) is 3.65. The van der Waals surface area contributed by atoms with E-state index in [-0.39, 0.29) is 19.7 Å². The first-order valence-electron chi connectivity index (χ1n) is 4.71. The molecule has 16 heavy (non-hydrogen) atoms. The Morgan fingerprint density at radius 2 is 2.38 bits per heavy atom. The topological polar surface area (TPSA) is 112 Å². The van der Waals surface area contributed by atoms with E-state index in [9.17, 15) is 9.59 Å². The SMILES string of the molecule is CCOC(=O)NC(=O)Cn1cc(CN)nn1. The number of nitrogens with zero attached hydrogens (tertiary/aromatic N) is 3. The van der Waals surface area contributed by atoms with E-state index >= 15 is 0 Å². The number of amides is 2. The van der Waals surface area contributed by atoms with Crippen LogP contribution in [0.4, 0.5) is 4.79 Å². The molecule has 3 N–H and O–H groups in total. The largest absolute Gasteiger partial charge is 0.450 e. The second-order valence-electron chi connectivity index (χ2n) is 2.88. The van der Waals surface area contributed by atoms with E-state index in [0.717, 1.165) is 0 Å². The molecule has 0 saturated carbocycles. The Morgan fingerprint density at radius 1 is 1.62 bits per heavy atom. The van der Waals surface area contributed by atoms with E-state index in [2.05, 4.69) is 15.0 Å². The first-order chi connectivity index (χ1) is 7.65. The first-order valence-corrected chi connectivity index (χ1v) is 4.71. The number of ether oxygens (including phenoxy) is 1. The van der Waals surface area contributed by atoms with Crippen LogP contribution in [0.3, 0.4) is 0 Å². The predicted octanol–water partition coefficient (Wildman–Crippen LogP) is -0.990. The maximum Gasteiger partial charge on any atom is 0.413 e. The van der Waals surface area contributed by atoms with Crippen molar-refractivity contribution in [3.05, 3.63) is 11.9 Å². The minimum Gasteiger partial charge on any atom is -0.450 e. The van der Waals surface area contributed by atoms with E-state index in [4.69, 9.17) is 5.73 Å². The zero-order valence-electron chi connectivity index (χ0n) is 8.84. The summed E-state index contributed by atoms with van der Waals surface area (Å²) in [5, 5.41) is 9.39. The average molecular weight is 227 g/mol. The lowest BCUT2D eigenvalue weighted by Gasteiger charge is -2.03. The molecule has 0 atom stereocenters. The average Bonchev–Trinajstić information content (AvgIpc) is 2.65. The van der Waals surface area contributed by atoms with Crippen LogP contribution in [0.5, 0.6) is 0 Å². The minimum atomic E-state index is -0.772. The highest BCUT2D eigenvalue weighted by Gasteiger charge is 2.09. The molecule has 2 amide bonds. The van der Waals surface area contributed by atoms with Crippen molar-refractivity contribution in [3.63, 3.8) is 0 Å². The summed E-state index contributed by atoms with van der Waals surface area (Å²) in [5.74, 6) is -0.521. The molecule has 0 spiro atoms. The number of hydrogen-bond acceptors (Lipinski definition) is 6. The molecule has 88 valence electrons. The van der Waals surface area contributed by atoms with Crippen molar-refractivity contribution in [2.75, 3.05) is 6.61 Å². The minimum absolute atomic E-state index is 0.105. The van der Waals surface area contributed by atoms with Gasteiger partial charge in [-0.25, -0.2) is 9.48 Å². The van der Waals surface area contributed by atoms with Gasteiger partial charge in [0.2, 0.25) is 0 Å². The number of carbonyl (C=O) groups is 2. The lowest BCUT2D eigenvalue weighted by atomic mass is 10.5. The van der Waals surface area contributed by atoms with Crippen LogP contribution in [0.2, 0.25) is 0 Å². The van der Waals surface area contributed by atoms with Gasteiger partial charge in [0.05, 0.1) is 18.5 Å². The van der Waals surface area contributed by atoms with Crippen molar-refractivity contribution in [1.82, 2.24) is 20.3 Å². The standard InChI is InChI=1S/C8H13N5O3/c1-2-16-8(15)10-7(14)5-13-4-6(3-9)11-12-13/h4H,2-3,5,9H2,1H3,(H,10,14,15). The quantitative estimate of drug-likeness (QED) is 0.683. The zero-order valence-corrected chi connectivity index (χ0v) is 8.84. The van der Waals surface area contributed by atoms with Gasteiger partial charge in [-0.3, -0.25) is 10.1 Å². The predicted molar refractivity (Wildman–Crippen MR) is 53.1 cm³/mol. The Morgan fingerprint density at radius 3 is 2.94 bits per heavy atom. The van der Waals surface area contributed by atoms with E-state index < -0.39 is 12.0 Å². The Hall–Kier alpha value is -1.96. The fraction of sp³-hybridized carbons (Fsp3) is 0.500. The number of nitrogens with two attached hydrogens (primary N) is 1. The van der Waals surface area contributed by atoms with Crippen molar-refractivity contribution in [1.29, 1.82) is 0 Å². The Bertz CT molecular complexity index is 376. The van der Waals surface area contributed by atoms with Gasteiger partial charge in [-0.1, -0.05) is 5.21 Å². The molecule has 0 aliphatic heterocycles. The zero-order chi connectivity index (χ0) is 12.0. The second kappa shape index (κ2) is 5.81. The maximum absolute atomic E-state index is 11.3. The highest BCUT2D eigenvalue weighted by Crippen LogP contribution is 1.90. The summed E-state index contributed by atoms with van der Waals surface area (Å²) in [6.07, 6.45) is 0.761. The molecule has 8 nitrogen and oxygen atoms in total. The van der Waals surface area contributed by atoms with Crippen molar-refractivity contribution < 1.29 is 14.3 Å². The van der Waals surface area contributed by atoms with Crippen LogP contribution in [-0.4, -0.2) is 33.6 Å². The maximum atomic E-state index is 11.3. The molecular formula is C8H13N5O3. The summed E-state index contributed by atoms with van der Waals surface area (Å²) in [5.41, 5.74) is 5.90. The first kappa shape index (κ1) is 12.1. The second-order valence-corrected chi connectivity index (χ2v) is 2.88. The van der Waals surface area contributed by atoms with Crippen LogP contribution < -0.4 is 11.1 Å². The highest BCUT2D eigenvalue weighted by molar-refractivity contribution is 5.91. The summed E-state index contributed by atoms with van der Waals surface area (Å²) in [7, 11) is 0. The summed E-state index contributed by atoms with van der Waals surface area (Å²) < 4.78 is 5.83. The van der Waals surface area contributed by atoms with Crippen LogP contribution in [0, 0.1) is 0 Å². The van der Waals surface area contributed by atoms with Crippen LogP contribution >= 0.6 is 0 Å². The number of imide groups is 1. The molecule has 0 aromatic carbocycles. The van der Waals surface area contributed by atoms with Gasteiger partial charge in [-0.2, -0.15) is 0 Å². The van der Waals surface area contributed by atoms with E-state index in [1.807, 2.05) is 5.32 Å². The Labute approximate surface area is 91.7 Å². The third-order valence-electron chi connectivity index (χ3n) is 1.62. The Balaban J connectivity index is 2.42. The molecule has 0 radical (unpaired) electrons. The highest BCUT2D eigenvalue weighted by atomic mass is 16.5. The number of hydrogen-bond donors (Lipinski definition) is 2. The number of alkyl carbamates (subject to hydrolysis) is 1. The summed E-state index contributed by atoms with van der Waals surface area (Å²) in [6.45, 7) is 2.00. The summed E-state index contributed by atoms with van der Waals surface area (Å²) in [6, 6.07) is 0. The van der Waals surface area contributed by atoms with Crippen molar-refractivity contribution >= 4 is 12.0 Å². The van der Waals surface area contributed by atoms with Gasteiger partial charge in [-0.05, 0) is 6.92 Å². The molecule has 0 aliphatic carbocycles. The van der Waals surface area contributed by atoms with Crippen molar-refractivity contribution in [2.24, 2.45) is 5.73 Å². The van der Waals surface area contributed by atoms with Gasteiger partial charge in [-0.15, -0.1) is 5.10 Å². The fourth-order valence-corrected chi connectivity index (χ4v) is 0.977. The van der Waals surface area contributed by atoms with Crippen molar-refractivity contribution in [2.45, 2.75) is 20.0 Å². The molecule has 1 aromatic heterocycles. The van der Waals surface area contributed by atoms with E-state index in [0.29, 0.717) is 5.69 Å². The molecule has 1 aromatic rings. The van der Waals surface area contributed by atoms with E-state index in [1.54, 1.807) is 6.92 Å². The molecule has 0 unspecified atom stereocenters. The van der Waals surface area contributed by atoms with Gasteiger partial charge in [0.25, 0.3) is 5.91 Å². The number of carbonyl (C=O) groups excluding carboxylic acids is 2. The molecule has 8 heteroatoms. The molecule has 0 aliphatic rings. The van der Waals surface area contributed by atoms with E-state index in [1.165, 1.54) is 10.9 Å².